The second-order valence-electron chi connectivity index (χ2n) is 14.1. The lowest BCUT2D eigenvalue weighted by atomic mass is 10.1. The minimum atomic E-state index is -3.94. The summed E-state index contributed by atoms with van der Waals surface area (Å²) >= 11 is 5.38. The van der Waals surface area contributed by atoms with E-state index in [1.165, 1.54) is 50.6 Å². The zero-order valence-corrected chi connectivity index (χ0v) is 38.1. The minimum absolute atomic E-state index is 0.000466. The Morgan fingerprint density at radius 1 is 0.651 bits per heavy atom. The van der Waals surface area contributed by atoms with Crippen molar-refractivity contribution in [1.29, 1.82) is 0 Å². The molecule has 2 aliphatic rings. The number of methoxy groups -OCH3 is 2. The number of sulfonamides is 2. The molecule has 2 heterocycles. The van der Waals surface area contributed by atoms with Crippen molar-refractivity contribution in [1.82, 2.24) is 8.61 Å². The molecule has 2 fully saturated rings. The molecule has 2 saturated heterocycles. The number of alkyl halides is 1. The first-order valence-electron chi connectivity index (χ1n) is 19.7. The van der Waals surface area contributed by atoms with Gasteiger partial charge in [0.05, 0.1) is 54.3 Å². The van der Waals surface area contributed by atoms with Gasteiger partial charge >= 0.3 is 11.9 Å². The summed E-state index contributed by atoms with van der Waals surface area (Å²) < 4.78 is 80.6. The van der Waals surface area contributed by atoms with Crippen LogP contribution >= 0.6 is 11.6 Å². The Hall–Kier alpha value is -5.43. The van der Waals surface area contributed by atoms with Gasteiger partial charge in [0, 0.05) is 24.2 Å². The molecule has 17 heteroatoms. The molecular formula is C46H51ClN2O12S2. The fourth-order valence-corrected chi connectivity index (χ4v) is 10.1. The molecule has 0 spiro atoms. The molecule has 0 amide bonds. The molecule has 14 nitrogen and oxygen atoms in total. The molecular weight excluding hydrogens is 872 g/mol. The average Bonchev–Trinajstić information content (AvgIpc) is 3.27. The van der Waals surface area contributed by atoms with E-state index in [0.29, 0.717) is 11.6 Å². The first kappa shape index (κ1) is 50.2. The first-order valence-corrected chi connectivity index (χ1v) is 23.1. The summed E-state index contributed by atoms with van der Waals surface area (Å²) in [5, 5.41) is 9.29. The summed E-state index contributed by atoms with van der Waals surface area (Å²) in [4.78, 5) is 24.3. The second-order valence-corrected chi connectivity index (χ2v) is 18.2. The zero-order valence-electron chi connectivity index (χ0n) is 35.7. The van der Waals surface area contributed by atoms with Crippen molar-refractivity contribution in [3.05, 3.63) is 120 Å². The number of benzene rings is 4. The summed E-state index contributed by atoms with van der Waals surface area (Å²) in [7, 11) is -5.41. The molecule has 0 aliphatic carbocycles. The Balaban J connectivity index is 0.000000235. The van der Waals surface area contributed by atoms with E-state index in [9.17, 15) is 31.5 Å². The van der Waals surface area contributed by atoms with Crippen LogP contribution in [0.5, 0.6) is 11.5 Å². The number of nitrogens with zero attached hydrogens (tertiary/aromatic N) is 2. The van der Waals surface area contributed by atoms with Crippen LogP contribution in [-0.4, -0.2) is 119 Å². The lowest BCUT2D eigenvalue weighted by Crippen LogP contribution is -2.58. The molecule has 4 aromatic rings. The highest BCUT2D eigenvalue weighted by atomic mass is 35.5. The van der Waals surface area contributed by atoms with E-state index < -0.39 is 56.3 Å². The van der Waals surface area contributed by atoms with E-state index in [1.807, 2.05) is 60.7 Å². The number of phenolic OH excluding ortho intramolecular Hbond substituents is 1. The number of halogens is 1. The Morgan fingerprint density at radius 3 is 1.44 bits per heavy atom. The number of phenols is 1. The van der Waals surface area contributed by atoms with Gasteiger partial charge in [-0.1, -0.05) is 60.1 Å². The summed E-state index contributed by atoms with van der Waals surface area (Å²) in [6.07, 6.45) is -1.95. The number of morpholine rings is 2. The van der Waals surface area contributed by atoms with Gasteiger partial charge in [-0.3, -0.25) is 9.59 Å². The van der Waals surface area contributed by atoms with Gasteiger partial charge < -0.3 is 28.8 Å². The van der Waals surface area contributed by atoms with Crippen molar-refractivity contribution < 1.29 is 55.2 Å². The molecule has 336 valence electrons. The van der Waals surface area contributed by atoms with Crippen molar-refractivity contribution in [3.63, 3.8) is 0 Å². The molecule has 6 atom stereocenters. The molecule has 4 aromatic carbocycles. The number of aromatic hydroxyl groups is 1. The predicted octanol–water partition coefficient (Wildman–Crippen LogP) is 5.47. The first-order chi connectivity index (χ1) is 30.0. The number of carbonyl (C=O) groups is 2. The normalized spacial score (nSPS) is 21.2. The molecule has 1 N–H and O–H groups in total. The molecule has 0 saturated carbocycles. The van der Waals surface area contributed by atoms with Crippen molar-refractivity contribution >= 4 is 43.6 Å². The highest BCUT2D eigenvalue weighted by Gasteiger charge is 2.46. The van der Waals surface area contributed by atoms with Crippen LogP contribution in [0.1, 0.15) is 38.8 Å². The predicted molar refractivity (Wildman–Crippen MR) is 237 cm³/mol. The van der Waals surface area contributed by atoms with Crippen LogP contribution in [0.25, 0.3) is 0 Å². The van der Waals surface area contributed by atoms with E-state index in [1.54, 1.807) is 39.8 Å². The Labute approximate surface area is 375 Å². The molecule has 6 unspecified atom stereocenters. The van der Waals surface area contributed by atoms with Crippen LogP contribution in [0.2, 0.25) is 0 Å². The lowest BCUT2D eigenvalue weighted by Gasteiger charge is -2.39. The van der Waals surface area contributed by atoms with Crippen LogP contribution < -0.4 is 4.74 Å². The molecule has 2 aliphatic heterocycles. The summed E-state index contributed by atoms with van der Waals surface area (Å²) in [6.45, 7) is 7.07. The molecule has 6 rings (SSSR count). The average molecular weight is 924 g/mol. The monoisotopic (exact) mass is 922 g/mol. The van der Waals surface area contributed by atoms with Crippen molar-refractivity contribution in [3.8, 4) is 35.2 Å². The fraction of sp³-hybridized carbons (Fsp3) is 0.348. The second kappa shape index (κ2) is 23.9. The van der Waals surface area contributed by atoms with Gasteiger partial charge in [-0.05, 0) is 100 Å². The third-order valence-corrected chi connectivity index (χ3v) is 13.3. The van der Waals surface area contributed by atoms with Crippen molar-refractivity contribution in [2.45, 2.75) is 74.0 Å². The van der Waals surface area contributed by atoms with E-state index in [2.05, 4.69) is 23.7 Å². The quantitative estimate of drug-likeness (QED) is 0.134. The van der Waals surface area contributed by atoms with E-state index >= 15 is 0 Å². The van der Waals surface area contributed by atoms with E-state index in [0.717, 1.165) is 19.7 Å². The Morgan fingerprint density at radius 2 is 1.05 bits per heavy atom. The maximum absolute atomic E-state index is 13.2. The number of esters is 2. The van der Waals surface area contributed by atoms with Crippen molar-refractivity contribution in [2.75, 3.05) is 39.8 Å². The molecule has 0 radical (unpaired) electrons. The number of ether oxygens (including phenoxy) is 5. The molecule has 63 heavy (non-hydrogen) atoms. The summed E-state index contributed by atoms with van der Waals surface area (Å²) in [5.41, 5.74) is 1.91. The molecule has 0 aromatic heterocycles. The van der Waals surface area contributed by atoms with Crippen LogP contribution in [0.3, 0.4) is 0 Å². The van der Waals surface area contributed by atoms with Gasteiger partial charge in [-0.2, -0.15) is 8.61 Å². The number of rotatable bonds is 8. The maximum atomic E-state index is 13.2. The van der Waals surface area contributed by atoms with Crippen LogP contribution in [-0.2, 0) is 48.6 Å². The fourth-order valence-electron chi connectivity index (χ4n) is 6.56. The van der Waals surface area contributed by atoms with Gasteiger partial charge in [0.1, 0.15) is 30.2 Å². The van der Waals surface area contributed by atoms with Gasteiger partial charge in [-0.15, -0.1) is 11.6 Å². The van der Waals surface area contributed by atoms with Gasteiger partial charge in [0.2, 0.25) is 20.0 Å². The zero-order chi connectivity index (χ0) is 46.2. The maximum Gasteiger partial charge on any atom is 0.326 e. The number of hydrogen-bond acceptors (Lipinski definition) is 12. The van der Waals surface area contributed by atoms with Crippen molar-refractivity contribution in [2.24, 2.45) is 0 Å². The van der Waals surface area contributed by atoms with Crippen LogP contribution in [0.15, 0.2) is 119 Å². The summed E-state index contributed by atoms with van der Waals surface area (Å²) in [5.74, 6) is 11.1. The minimum Gasteiger partial charge on any atom is -0.508 e. The van der Waals surface area contributed by atoms with E-state index in [-0.39, 0.29) is 47.4 Å². The van der Waals surface area contributed by atoms with Crippen LogP contribution in [0, 0.1) is 23.7 Å². The van der Waals surface area contributed by atoms with Gasteiger partial charge in [-0.25, -0.2) is 16.8 Å². The van der Waals surface area contributed by atoms with E-state index in [4.69, 9.17) is 35.3 Å². The third-order valence-electron chi connectivity index (χ3n) is 9.43. The smallest absolute Gasteiger partial charge is 0.326 e. The third kappa shape index (κ3) is 14.0. The lowest BCUT2D eigenvalue weighted by molar-refractivity contribution is -0.159. The topological polar surface area (TPSA) is 175 Å². The SMILES string of the molecule is COC(=O)C1C(C)OC(C)CN1S(=O)(=O)c1ccc(O)cc1.COC(=O)C1C(C)OC(C)CN1S(=O)(=O)c1ccc(OCC#Cc2ccccc2)cc1.ClCC#Cc1ccccc1. The number of hydrogen-bond donors (Lipinski definition) is 1. The molecule has 0 bridgehead atoms. The van der Waals surface area contributed by atoms with Crippen LogP contribution in [0.4, 0.5) is 0 Å². The standard InChI is InChI=1S/C23H25NO6S.C14H19NO6S.C9H7Cl/c1-17-16-24(22(18(2)30-17)23(25)28-3)31(26,27)21-13-11-20(12-14-21)29-15-7-10-19-8-5-4-6-9-19;1-9-8-15(13(10(2)21-9)14(17)20-3)22(18,19)12-6-4-11(16)5-7-12;10-8-4-7-9-5-2-1-3-6-9/h4-6,8-9,11-14,17-18,22H,15-16H2,1-3H3;4-7,9-10,13,16H,8H2,1-3H3;1-3,5-6H,8H2. The highest BCUT2D eigenvalue weighted by Crippen LogP contribution is 2.29. The highest BCUT2D eigenvalue weighted by molar-refractivity contribution is 7.89. The number of carbonyl (C=O) groups excluding carboxylic acids is 2. The Bertz CT molecular complexity index is 2450. The van der Waals surface area contributed by atoms with Gasteiger partial charge in [0.25, 0.3) is 0 Å². The largest absolute Gasteiger partial charge is 0.508 e. The summed E-state index contributed by atoms with van der Waals surface area (Å²) in [6, 6.07) is 28.4. The van der Waals surface area contributed by atoms with Gasteiger partial charge in [0.15, 0.2) is 0 Å². The Kier molecular flexibility index (Phi) is 19.0.